The summed E-state index contributed by atoms with van der Waals surface area (Å²) in [4.78, 5) is 24.3. The maximum absolute atomic E-state index is 12.2. The van der Waals surface area contributed by atoms with Gasteiger partial charge in [0, 0.05) is 19.3 Å². The lowest BCUT2D eigenvalue weighted by Crippen LogP contribution is -2.32. The summed E-state index contributed by atoms with van der Waals surface area (Å²) in [6, 6.07) is 0. The average Bonchev–Trinajstić information content (AvgIpc) is 3.31. The molecule has 1 aliphatic heterocycles. The monoisotopic (exact) mass is 510 g/mol. The van der Waals surface area contributed by atoms with Crippen molar-refractivity contribution in [2.45, 2.75) is 174 Å². The third-order valence-corrected chi connectivity index (χ3v) is 7.31. The van der Waals surface area contributed by atoms with Crippen LogP contribution in [0.1, 0.15) is 162 Å². The Balaban J connectivity index is 1.99. The molecule has 0 aliphatic carbocycles. The van der Waals surface area contributed by atoms with Gasteiger partial charge < -0.3 is 14.2 Å². The van der Waals surface area contributed by atoms with Crippen molar-refractivity contribution < 1.29 is 23.8 Å². The van der Waals surface area contributed by atoms with Gasteiger partial charge >= 0.3 is 11.9 Å². The van der Waals surface area contributed by atoms with Crippen molar-refractivity contribution in [2.24, 2.45) is 0 Å². The van der Waals surface area contributed by atoms with Gasteiger partial charge in [-0.25, -0.2) is 0 Å². The second kappa shape index (κ2) is 24.2. The summed E-state index contributed by atoms with van der Waals surface area (Å²) < 4.78 is 16.8. The van der Waals surface area contributed by atoms with Crippen LogP contribution in [0.15, 0.2) is 0 Å². The quantitative estimate of drug-likeness (QED) is 0.0906. The normalized spacial score (nSPS) is 17.4. The van der Waals surface area contributed by atoms with Crippen molar-refractivity contribution in [3.05, 3.63) is 0 Å². The van der Waals surface area contributed by atoms with Crippen molar-refractivity contribution in [1.29, 1.82) is 0 Å². The van der Waals surface area contributed by atoms with Crippen LogP contribution in [0.4, 0.5) is 0 Å². The fourth-order valence-corrected chi connectivity index (χ4v) is 4.91. The topological polar surface area (TPSA) is 61.8 Å². The van der Waals surface area contributed by atoms with Crippen LogP contribution >= 0.6 is 0 Å². The number of esters is 2. The molecule has 1 saturated heterocycles. The average molecular weight is 511 g/mol. The smallest absolute Gasteiger partial charge is 0.306 e. The summed E-state index contributed by atoms with van der Waals surface area (Å²) in [6.45, 7) is 5.24. The zero-order valence-electron chi connectivity index (χ0n) is 23.9. The van der Waals surface area contributed by atoms with E-state index in [1.807, 2.05) is 0 Å². The number of carbonyl (C=O) groups is 2. The molecule has 1 heterocycles. The van der Waals surface area contributed by atoms with E-state index in [4.69, 9.17) is 14.2 Å². The molecule has 0 aromatic rings. The van der Waals surface area contributed by atoms with Crippen LogP contribution in [0, 0.1) is 0 Å². The summed E-state index contributed by atoms with van der Waals surface area (Å²) in [5, 5.41) is 0. The Morgan fingerprint density at radius 3 is 1.50 bits per heavy atom. The Labute approximate surface area is 222 Å². The first-order valence-electron chi connectivity index (χ1n) is 15.6. The molecule has 0 saturated carbocycles. The third-order valence-electron chi connectivity index (χ3n) is 7.31. The van der Waals surface area contributed by atoms with Crippen LogP contribution in [0.3, 0.4) is 0 Å². The molecule has 5 heteroatoms. The van der Waals surface area contributed by atoms with Gasteiger partial charge in [-0.15, -0.1) is 0 Å². The van der Waals surface area contributed by atoms with Crippen LogP contribution < -0.4 is 0 Å². The molecule has 1 aliphatic rings. The molecular weight excluding hydrogens is 452 g/mol. The molecular formula is C31H58O5. The highest BCUT2D eigenvalue weighted by Gasteiger charge is 2.32. The molecule has 0 aromatic heterocycles. The Hall–Kier alpha value is -1.10. The lowest BCUT2D eigenvalue weighted by Gasteiger charge is -2.19. The van der Waals surface area contributed by atoms with E-state index in [-0.39, 0.29) is 30.8 Å². The Morgan fingerprint density at radius 1 is 0.611 bits per heavy atom. The van der Waals surface area contributed by atoms with Crippen LogP contribution in [0.5, 0.6) is 0 Å². The number of unbranched alkanes of at least 4 members (excludes halogenated alkanes) is 18. The fourth-order valence-electron chi connectivity index (χ4n) is 4.91. The van der Waals surface area contributed by atoms with Gasteiger partial charge in [-0.2, -0.15) is 0 Å². The lowest BCUT2D eigenvalue weighted by molar-refractivity contribution is -0.157. The predicted octanol–water partition coefficient (Wildman–Crippen LogP) is 8.85. The molecule has 0 radical (unpaired) electrons. The number of carbonyl (C=O) groups excluding carboxylic acids is 2. The molecule has 1 fully saturated rings. The zero-order valence-corrected chi connectivity index (χ0v) is 23.9. The zero-order chi connectivity index (χ0) is 26.1. The van der Waals surface area contributed by atoms with Gasteiger partial charge in [-0.05, 0) is 12.8 Å². The van der Waals surface area contributed by atoms with Gasteiger partial charge in [-0.3, -0.25) is 9.59 Å². The minimum absolute atomic E-state index is 0.147. The molecule has 5 nitrogen and oxygen atoms in total. The molecule has 0 amide bonds. The van der Waals surface area contributed by atoms with Crippen molar-refractivity contribution in [3.8, 4) is 0 Å². The summed E-state index contributed by atoms with van der Waals surface area (Å²) in [5.74, 6) is -0.313. The molecule has 0 aromatic carbocycles. The standard InChI is InChI=1S/C31H58O5/c1-3-5-7-9-11-13-15-17-19-21-23-30(32)35-27-29-28(25-26-34-29)36-31(33)24-22-20-18-16-14-12-10-8-6-4-2/h28-29H,3-27H2,1-2H3. The highest BCUT2D eigenvalue weighted by Crippen LogP contribution is 2.20. The largest absolute Gasteiger partial charge is 0.463 e. The van der Waals surface area contributed by atoms with Crippen molar-refractivity contribution in [3.63, 3.8) is 0 Å². The second-order valence-corrected chi connectivity index (χ2v) is 10.8. The fraction of sp³-hybridized carbons (Fsp3) is 0.935. The number of ether oxygens (including phenoxy) is 3. The van der Waals surface area contributed by atoms with Crippen LogP contribution in [-0.2, 0) is 23.8 Å². The summed E-state index contributed by atoms with van der Waals surface area (Å²) in [6.07, 6.45) is 26.0. The summed E-state index contributed by atoms with van der Waals surface area (Å²) in [5.41, 5.74) is 0. The highest BCUT2D eigenvalue weighted by molar-refractivity contribution is 5.70. The van der Waals surface area contributed by atoms with Crippen LogP contribution in [-0.4, -0.2) is 37.4 Å². The molecule has 36 heavy (non-hydrogen) atoms. The predicted molar refractivity (Wildman–Crippen MR) is 148 cm³/mol. The molecule has 0 N–H and O–H groups in total. The molecule has 1 rings (SSSR count). The first-order valence-corrected chi connectivity index (χ1v) is 15.6. The van der Waals surface area contributed by atoms with E-state index in [0.717, 1.165) is 25.7 Å². The first-order chi connectivity index (χ1) is 17.7. The van der Waals surface area contributed by atoms with E-state index in [2.05, 4.69) is 13.8 Å². The maximum Gasteiger partial charge on any atom is 0.306 e. The van der Waals surface area contributed by atoms with E-state index in [1.54, 1.807) is 0 Å². The molecule has 212 valence electrons. The van der Waals surface area contributed by atoms with E-state index >= 15 is 0 Å². The highest BCUT2D eigenvalue weighted by atomic mass is 16.6. The third kappa shape index (κ3) is 19.1. The number of rotatable bonds is 25. The van der Waals surface area contributed by atoms with Gasteiger partial charge in [0.25, 0.3) is 0 Å². The van der Waals surface area contributed by atoms with Crippen molar-refractivity contribution >= 4 is 11.9 Å². The van der Waals surface area contributed by atoms with Crippen LogP contribution in [0.2, 0.25) is 0 Å². The second-order valence-electron chi connectivity index (χ2n) is 10.8. The van der Waals surface area contributed by atoms with E-state index < -0.39 is 0 Å². The first kappa shape index (κ1) is 32.9. The Bertz CT molecular complexity index is 521. The SMILES string of the molecule is CCCCCCCCCCCCC(=O)OCC1OCCC1OC(=O)CCCCCCCCCCCC. The van der Waals surface area contributed by atoms with Gasteiger partial charge in [0.15, 0.2) is 0 Å². The lowest BCUT2D eigenvalue weighted by atomic mass is 10.1. The minimum atomic E-state index is -0.321. The van der Waals surface area contributed by atoms with Gasteiger partial charge in [0.05, 0.1) is 6.61 Å². The van der Waals surface area contributed by atoms with E-state index in [1.165, 1.54) is 103 Å². The van der Waals surface area contributed by atoms with Gasteiger partial charge in [0.2, 0.25) is 0 Å². The van der Waals surface area contributed by atoms with Crippen molar-refractivity contribution in [1.82, 2.24) is 0 Å². The van der Waals surface area contributed by atoms with Crippen LogP contribution in [0.25, 0.3) is 0 Å². The Kier molecular flexibility index (Phi) is 22.2. The van der Waals surface area contributed by atoms with Gasteiger partial charge in [-0.1, -0.05) is 129 Å². The van der Waals surface area contributed by atoms with E-state index in [0.29, 0.717) is 25.9 Å². The summed E-state index contributed by atoms with van der Waals surface area (Å²) in [7, 11) is 0. The maximum atomic E-state index is 12.2. The number of hydrogen-bond donors (Lipinski definition) is 0. The number of hydrogen-bond acceptors (Lipinski definition) is 5. The Morgan fingerprint density at radius 2 is 1.03 bits per heavy atom. The van der Waals surface area contributed by atoms with Gasteiger partial charge in [0.1, 0.15) is 18.8 Å². The minimum Gasteiger partial charge on any atom is -0.463 e. The molecule has 2 unspecified atom stereocenters. The van der Waals surface area contributed by atoms with E-state index in [9.17, 15) is 9.59 Å². The summed E-state index contributed by atoms with van der Waals surface area (Å²) >= 11 is 0. The molecule has 0 bridgehead atoms. The molecule has 2 atom stereocenters. The molecule has 0 spiro atoms. The van der Waals surface area contributed by atoms with Crippen molar-refractivity contribution in [2.75, 3.05) is 13.2 Å².